The Hall–Kier alpha value is -1.54. The number of likely N-dealkylation sites (N-methyl/N-ethyl adjacent to an activating group) is 1. The van der Waals surface area contributed by atoms with E-state index >= 15 is 0 Å². The molecule has 346 valence electrons. The van der Waals surface area contributed by atoms with E-state index in [0.717, 1.165) is 57.8 Å². The Bertz CT molecular complexity index is 1100. The van der Waals surface area contributed by atoms with Crippen molar-refractivity contribution in [1.29, 1.82) is 0 Å². The van der Waals surface area contributed by atoms with Crippen molar-refractivity contribution >= 4 is 13.7 Å². The summed E-state index contributed by atoms with van der Waals surface area (Å²) in [4.78, 5) is 23.1. The van der Waals surface area contributed by atoms with Crippen LogP contribution in [-0.2, 0) is 18.4 Å². The Morgan fingerprint density at radius 1 is 0.559 bits per heavy atom. The number of nitrogens with one attached hydrogen (secondary N) is 1. The summed E-state index contributed by atoms with van der Waals surface area (Å²) in [6.07, 6.45) is 53.5. The third-order valence-electron chi connectivity index (χ3n) is 10.7. The predicted molar refractivity (Wildman–Crippen MR) is 254 cm³/mol. The van der Waals surface area contributed by atoms with E-state index in [2.05, 4.69) is 55.6 Å². The van der Waals surface area contributed by atoms with E-state index < -0.39 is 20.0 Å². The predicted octanol–water partition coefficient (Wildman–Crippen LogP) is 14.0. The molecule has 0 aromatic heterocycles. The van der Waals surface area contributed by atoms with Crippen LogP contribution < -0.4 is 5.32 Å². The second kappa shape index (κ2) is 41.8. The number of hydrogen-bond acceptors (Lipinski definition) is 5. The SMILES string of the molecule is CCCCCCCC/C=C\CCCCCC(=O)NC(COP(=O)(O)OCC[N+](C)(C)C)C(O)/C=C/CC/C=C/CC/C=C/CCCCCCCCCCCCCCCC. The quantitative estimate of drug-likeness (QED) is 0.0244. The smallest absolute Gasteiger partial charge is 0.387 e. The van der Waals surface area contributed by atoms with Gasteiger partial charge in [0.2, 0.25) is 5.91 Å². The number of amides is 1. The van der Waals surface area contributed by atoms with E-state index in [4.69, 9.17) is 9.05 Å². The molecule has 1 amide bonds. The Morgan fingerprint density at radius 2 is 0.932 bits per heavy atom. The average molecular weight is 852 g/mol. The van der Waals surface area contributed by atoms with Crippen LogP contribution >= 0.6 is 7.82 Å². The number of carbonyl (C=O) groups is 1. The van der Waals surface area contributed by atoms with E-state index in [1.54, 1.807) is 6.08 Å². The molecular formula is C50H96N2O6P+. The third kappa shape index (κ3) is 44.3. The molecule has 0 radical (unpaired) electrons. The molecule has 59 heavy (non-hydrogen) atoms. The molecule has 0 aromatic carbocycles. The molecule has 3 atom stereocenters. The lowest BCUT2D eigenvalue weighted by molar-refractivity contribution is -0.870. The van der Waals surface area contributed by atoms with Gasteiger partial charge in [-0.1, -0.05) is 184 Å². The topological polar surface area (TPSA) is 105 Å². The second-order valence-corrected chi connectivity index (χ2v) is 19.3. The lowest BCUT2D eigenvalue weighted by Gasteiger charge is -2.25. The van der Waals surface area contributed by atoms with Gasteiger partial charge < -0.3 is 19.8 Å². The van der Waals surface area contributed by atoms with Gasteiger partial charge in [0.15, 0.2) is 0 Å². The van der Waals surface area contributed by atoms with Crippen LogP contribution in [0.2, 0.25) is 0 Å². The summed E-state index contributed by atoms with van der Waals surface area (Å²) in [5.74, 6) is -0.208. The summed E-state index contributed by atoms with van der Waals surface area (Å²) >= 11 is 0. The van der Waals surface area contributed by atoms with E-state index in [0.29, 0.717) is 17.4 Å². The molecule has 0 saturated carbocycles. The van der Waals surface area contributed by atoms with Crippen molar-refractivity contribution in [3.8, 4) is 0 Å². The van der Waals surface area contributed by atoms with Crippen molar-refractivity contribution < 1.29 is 32.9 Å². The van der Waals surface area contributed by atoms with Crippen LogP contribution in [0, 0.1) is 0 Å². The number of phosphoric ester groups is 1. The highest BCUT2D eigenvalue weighted by Gasteiger charge is 2.27. The number of quaternary nitrogens is 1. The lowest BCUT2D eigenvalue weighted by Crippen LogP contribution is -2.45. The van der Waals surface area contributed by atoms with Crippen LogP contribution in [0.5, 0.6) is 0 Å². The van der Waals surface area contributed by atoms with Crippen LogP contribution in [0.1, 0.15) is 213 Å². The Labute approximate surface area is 365 Å². The highest BCUT2D eigenvalue weighted by atomic mass is 31.2. The van der Waals surface area contributed by atoms with Crippen LogP contribution in [-0.4, -0.2) is 73.4 Å². The van der Waals surface area contributed by atoms with Gasteiger partial charge in [0.25, 0.3) is 0 Å². The first-order valence-electron chi connectivity index (χ1n) is 24.5. The zero-order valence-corrected chi connectivity index (χ0v) is 40.1. The summed E-state index contributed by atoms with van der Waals surface area (Å²) in [7, 11) is 1.53. The lowest BCUT2D eigenvalue weighted by atomic mass is 10.0. The highest BCUT2D eigenvalue weighted by Crippen LogP contribution is 2.43. The number of phosphoric acid groups is 1. The van der Waals surface area contributed by atoms with Gasteiger partial charge in [0.05, 0.1) is 39.9 Å². The van der Waals surface area contributed by atoms with Gasteiger partial charge in [-0.3, -0.25) is 13.8 Å². The maximum Gasteiger partial charge on any atom is 0.472 e. The van der Waals surface area contributed by atoms with Gasteiger partial charge in [-0.05, 0) is 70.6 Å². The number of aliphatic hydroxyl groups excluding tert-OH is 1. The minimum atomic E-state index is -4.35. The van der Waals surface area contributed by atoms with Crippen molar-refractivity contribution in [1.82, 2.24) is 5.32 Å². The Morgan fingerprint density at radius 3 is 1.36 bits per heavy atom. The van der Waals surface area contributed by atoms with Gasteiger partial charge in [-0.2, -0.15) is 0 Å². The van der Waals surface area contributed by atoms with E-state index in [1.165, 1.54) is 135 Å². The highest BCUT2D eigenvalue weighted by molar-refractivity contribution is 7.47. The molecule has 0 aliphatic carbocycles. The maximum absolute atomic E-state index is 12.9. The summed E-state index contributed by atoms with van der Waals surface area (Å²) in [5, 5.41) is 13.8. The fourth-order valence-corrected chi connectivity index (χ4v) is 7.57. The molecule has 0 fully saturated rings. The first-order chi connectivity index (χ1) is 28.5. The fourth-order valence-electron chi connectivity index (χ4n) is 6.83. The number of nitrogens with zero attached hydrogens (tertiary/aromatic N) is 1. The van der Waals surface area contributed by atoms with Crippen molar-refractivity contribution in [2.24, 2.45) is 0 Å². The van der Waals surface area contributed by atoms with Crippen molar-refractivity contribution in [3.05, 3.63) is 48.6 Å². The number of carbonyl (C=O) groups excluding carboxylic acids is 1. The number of unbranched alkanes of at least 4 members (excludes halogenated alkanes) is 25. The molecule has 3 unspecified atom stereocenters. The minimum absolute atomic E-state index is 0.0499. The number of allylic oxidation sites excluding steroid dienone is 7. The van der Waals surface area contributed by atoms with Gasteiger partial charge in [0.1, 0.15) is 13.2 Å². The zero-order valence-electron chi connectivity index (χ0n) is 39.2. The van der Waals surface area contributed by atoms with Gasteiger partial charge in [-0.15, -0.1) is 0 Å². The monoisotopic (exact) mass is 852 g/mol. The first kappa shape index (κ1) is 57.5. The zero-order chi connectivity index (χ0) is 43.6. The fraction of sp³-hybridized carbons (Fsp3) is 0.820. The van der Waals surface area contributed by atoms with Gasteiger partial charge in [0, 0.05) is 6.42 Å². The third-order valence-corrected chi connectivity index (χ3v) is 11.7. The first-order valence-corrected chi connectivity index (χ1v) is 26.0. The Kier molecular flexibility index (Phi) is 40.7. The molecule has 3 N–H and O–H groups in total. The maximum atomic E-state index is 12.9. The standard InChI is InChI=1S/C50H95N2O6P/c1-6-8-10-12-14-16-18-20-21-22-23-24-25-26-27-28-29-30-32-33-35-37-39-41-43-49(53)48(47-58-59(55,56)57-46-45-52(3,4)5)51-50(54)44-42-40-38-36-34-31-19-17-15-13-11-9-7-2/h28-29,31,33-35,41,43,48-49,53H,6-27,30,32,36-40,42,44-47H2,1-5H3,(H-,51,54,55,56)/p+1/b29-28+,34-31-,35-33+,43-41+. The molecular weight excluding hydrogens is 756 g/mol. The number of rotatable bonds is 44. The van der Waals surface area contributed by atoms with Crippen LogP contribution in [0.25, 0.3) is 0 Å². The minimum Gasteiger partial charge on any atom is -0.387 e. The molecule has 9 heteroatoms. The largest absolute Gasteiger partial charge is 0.472 e. The molecule has 0 saturated heterocycles. The number of hydrogen-bond donors (Lipinski definition) is 3. The van der Waals surface area contributed by atoms with E-state index in [9.17, 15) is 19.4 Å². The average Bonchev–Trinajstić information content (AvgIpc) is 3.19. The van der Waals surface area contributed by atoms with E-state index in [1.807, 2.05) is 27.2 Å². The van der Waals surface area contributed by atoms with Crippen LogP contribution in [0.3, 0.4) is 0 Å². The molecule has 0 spiro atoms. The van der Waals surface area contributed by atoms with Crippen molar-refractivity contribution in [2.75, 3.05) is 40.9 Å². The van der Waals surface area contributed by atoms with Crippen molar-refractivity contribution in [2.45, 2.75) is 225 Å². The molecule has 0 bridgehead atoms. The van der Waals surface area contributed by atoms with Crippen molar-refractivity contribution in [3.63, 3.8) is 0 Å². The molecule has 0 aromatic rings. The summed E-state index contributed by atoms with van der Waals surface area (Å²) < 4.78 is 23.5. The normalized spacial score (nSPS) is 14.6. The molecule has 0 heterocycles. The summed E-state index contributed by atoms with van der Waals surface area (Å²) in [6, 6.07) is -0.877. The van der Waals surface area contributed by atoms with Crippen LogP contribution in [0.15, 0.2) is 48.6 Å². The summed E-state index contributed by atoms with van der Waals surface area (Å²) in [6.45, 7) is 4.76. The Balaban J connectivity index is 4.40. The van der Waals surface area contributed by atoms with Gasteiger partial charge in [-0.25, -0.2) is 4.57 Å². The second-order valence-electron chi connectivity index (χ2n) is 17.8. The van der Waals surface area contributed by atoms with Crippen LogP contribution in [0.4, 0.5) is 0 Å². The summed E-state index contributed by atoms with van der Waals surface area (Å²) in [5.41, 5.74) is 0. The molecule has 8 nitrogen and oxygen atoms in total. The number of aliphatic hydroxyl groups is 1. The van der Waals surface area contributed by atoms with E-state index in [-0.39, 0.29) is 19.1 Å². The molecule has 0 aliphatic heterocycles. The molecule has 0 rings (SSSR count). The van der Waals surface area contributed by atoms with Gasteiger partial charge >= 0.3 is 7.82 Å². The molecule has 0 aliphatic rings.